The molecule has 0 aromatic carbocycles. The van der Waals surface area contributed by atoms with Gasteiger partial charge < -0.3 is 14.8 Å². The van der Waals surface area contributed by atoms with Gasteiger partial charge in [0.05, 0.1) is 13.0 Å². The fourth-order valence-electron chi connectivity index (χ4n) is 1.99. The van der Waals surface area contributed by atoms with Gasteiger partial charge >= 0.3 is 12.1 Å². The van der Waals surface area contributed by atoms with Gasteiger partial charge in [-0.1, -0.05) is 0 Å². The minimum atomic E-state index is -0.537. The van der Waals surface area contributed by atoms with Crippen LogP contribution in [0, 0.1) is 5.92 Å². The van der Waals surface area contributed by atoms with E-state index in [1.54, 1.807) is 11.8 Å². The first-order chi connectivity index (χ1) is 8.83. The van der Waals surface area contributed by atoms with Crippen LogP contribution in [-0.2, 0) is 14.3 Å². The van der Waals surface area contributed by atoms with Crippen molar-refractivity contribution in [3.63, 3.8) is 0 Å². The Bertz CT molecular complexity index is 327. The molecule has 1 N–H and O–H groups in total. The maximum absolute atomic E-state index is 11.8. The summed E-state index contributed by atoms with van der Waals surface area (Å²) in [5.74, 6) is 1.29. The molecule has 1 rings (SSSR count). The first-order valence-electron chi connectivity index (χ1n) is 6.48. The van der Waals surface area contributed by atoms with Gasteiger partial charge in [0, 0.05) is 6.04 Å². The molecular formula is C13H23NO4S. The zero-order valence-corrected chi connectivity index (χ0v) is 12.8. The van der Waals surface area contributed by atoms with Gasteiger partial charge in [0.15, 0.2) is 0 Å². The van der Waals surface area contributed by atoms with Crippen LogP contribution in [0.2, 0.25) is 0 Å². The Morgan fingerprint density at radius 3 is 2.42 bits per heavy atom. The number of ether oxygens (including phenoxy) is 2. The first-order valence-corrected chi connectivity index (χ1v) is 7.64. The lowest BCUT2D eigenvalue weighted by Gasteiger charge is -2.26. The smallest absolute Gasteiger partial charge is 0.407 e. The fourth-order valence-corrected chi connectivity index (χ4v) is 3.04. The Kier molecular flexibility index (Phi) is 5.97. The van der Waals surface area contributed by atoms with E-state index in [2.05, 4.69) is 5.32 Å². The Labute approximate surface area is 118 Å². The van der Waals surface area contributed by atoms with Crippen molar-refractivity contribution in [1.82, 2.24) is 5.32 Å². The molecule has 1 fully saturated rings. The molecule has 0 saturated carbocycles. The van der Waals surface area contributed by atoms with Crippen LogP contribution in [0.1, 0.15) is 33.6 Å². The fraction of sp³-hybridized carbons (Fsp3) is 0.846. The summed E-state index contributed by atoms with van der Waals surface area (Å²) in [5.41, 5.74) is -0.537. The topological polar surface area (TPSA) is 64.6 Å². The number of alkyl carbamates (subject to hydrolysis) is 1. The number of nitrogens with one attached hydrogen (secondary N) is 1. The normalized spacial score (nSPS) is 24.2. The van der Waals surface area contributed by atoms with E-state index in [4.69, 9.17) is 9.47 Å². The summed E-state index contributed by atoms with van der Waals surface area (Å²) in [5, 5.41) is 2.81. The van der Waals surface area contributed by atoms with Gasteiger partial charge in [0.25, 0.3) is 0 Å². The number of carbonyl (C=O) groups is 2. The summed E-state index contributed by atoms with van der Waals surface area (Å²) in [7, 11) is 1.38. The van der Waals surface area contributed by atoms with Crippen LogP contribution in [0.4, 0.5) is 4.79 Å². The summed E-state index contributed by atoms with van der Waals surface area (Å²) >= 11 is 1.79. The maximum atomic E-state index is 11.8. The molecule has 0 radical (unpaired) electrons. The lowest BCUT2D eigenvalue weighted by atomic mass is 9.95. The highest BCUT2D eigenvalue weighted by Gasteiger charge is 2.32. The molecule has 0 aromatic rings. The van der Waals surface area contributed by atoms with Gasteiger partial charge in [0.2, 0.25) is 0 Å². The highest BCUT2D eigenvalue weighted by Crippen LogP contribution is 2.24. The third kappa shape index (κ3) is 5.72. The third-order valence-corrected chi connectivity index (χ3v) is 3.89. The number of thioether (sulfide) groups is 1. The number of hydrogen-bond donors (Lipinski definition) is 1. The van der Waals surface area contributed by atoms with Gasteiger partial charge in [-0.25, -0.2) is 4.79 Å². The number of carbonyl (C=O) groups excluding carboxylic acids is 2. The SMILES string of the molecule is COC(=O)[C@@H]1CCSCC[C@H]1NC(=O)OC(C)(C)C. The second kappa shape index (κ2) is 7.03. The van der Waals surface area contributed by atoms with Crippen molar-refractivity contribution in [3.8, 4) is 0 Å². The average Bonchev–Trinajstić information content (AvgIpc) is 2.51. The van der Waals surface area contributed by atoms with E-state index in [9.17, 15) is 9.59 Å². The van der Waals surface area contributed by atoms with E-state index in [-0.39, 0.29) is 17.9 Å². The van der Waals surface area contributed by atoms with Gasteiger partial charge in [-0.15, -0.1) is 0 Å². The number of amides is 1. The van der Waals surface area contributed by atoms with Crippen molar-refractivity contribution in [1.29, 1.82) is 0 Å². The largest absolute Gasteiger partial charge is 0.469 e. The maximum Gasteiger partial charge on any atom is 0.407 e. The van der Waals surface area contributed by atoms with Gasteiger partial charge in [0.1, 0.15) is 5.60 Å². The molecule has 0 unspecified atom stereocenters. The van der Waals surface area contributed by atoms with Crippen LogP contribution in [0.15, 0.2) is 0 Å². The molecule has 5 nitrogen and oxygen atoms in total. The van der Waals surface area contributed by atoms with E-state index >= 15 is 0 Å². The van der Waals surface area contributed by atoms with Crippen LogP contribution in [-0.4, -0.2) is 42.3 Å². The lowest BCUT2D eigenvalue weighted by Crippen LogP contribution is -2.45. The van der Waals surface area contributed by atoms with Gasteiger partial charge in [-0.3, -0.25) is 4.79 Å². The molecule has 1 saturated heterocycles. The van der Waals surface area contributed by atoms with Crippen molar-refractivity contribution in [2.45, 2.75) is 45.3 Å². The Hall–Kier alpha value is -0.910. The van der Waals surface area contributed by atoms with Crippen molar-refractivity contribution in [2.24, 2.45) is 5.92 Å². The van der Waals surface area contributed by atoms with Crippen molar-refractivity contribution >= 4 is 23.8 Å². The molecule has 1 amide bonds. The summed E-state index contributed by atoms with van der Waals surface area (Å²) in [6.45, 7) is 5.44. The first kappa shape index (κ1) is 16.1. The summed E-state index contributed by atoms with van der Waals surface area (Å²) in [4.78, 5) is 23.6. The molecular weight excluding hydrogens is 266 g/mol. The van der Waals surface area contributed by atoms with Crippen molar-refractivity contribution in [3.05, 3.63) is 0 Å². The van der Waals surface area contributed by atoms with Crippen LogP contribution in [0.25, 0.3) is 0 Å². The lowest BCUT2D eigenvalue weighted by molar-refractivity contribution is -0.146. The number of rotatable bonds is 2. The molecule has 0 aliphatic carbocycles. The van der Waals surface area contributed by atoms with Gasteiger partial charge in [-0.05, 0) is 45.1 Å². The van der Waals surface area contributed by atoms with Crippen LogP contribution < -0.4 is 5.32 Å². The Morgan fingerprint density at radius 2 is 1.84 bits per heavy atom. The van der Waals surface area contributed by atoms with Crippen molar-refractivity contribution in [2.75, 3.05) is 18.6 Å². The van der Waals surface area contributed by atoms with E-state index in [1.165, 1.54) is 7.11 Å². The predicted octanol–water partition coefficient (Wildman–Crippen LogP) is 2.20. The average molecular weight is 289 g/mol. The molecule has 1 heterocycles. The molecule has 1 aliphatic rings. The van der Waals surface area contributed by atoms with E-state index in [0.717, 1.165) is 24.3 Å². The van der Waals surface area contributed by atoms with E-state index < -0.39 is 11.7 Å². The summed E-state index contributed by atoms with van der Waals surface area (Å²) < 4.78 is 10.1. The molecule has 0 bridgehead atoms. The minimum absolute atomic E-state index is 0.211. The monoisotopic (exact) mass is 289 g/mol. The minimum Gasteiger partial charge on any atom is -0.469 e. The molecule has 6 heteroatoms. The quantitative estimate of drug-likeness (QED) is 0.789. The zero-order valence-electron chi connectivity index (χ0n) is 12.0. The number of esters is 1. The Morgan fingerprint density at radius 1 is 1.21 bits per heavy atom. The standard InChI is InChI=1S/C13H23NO4S/c1-13(2,3)18-12(16)14-10-6-8-19-7-5-9(10)11(15)17-4/h9-10H,5-8H2,1-4H3,(H,14,16)/t9-,10-/m1/s1. The van der Waals surface area contributed by atoms with Crippen LogP contribution >= 0.6 is 11.8 Å². The zero-order chi connectivity index (χ0) is 14.5. The predicted molar refractivity (Wildman–Crippen MR) is 75.2 cm³/mol. The second-order valence-electron chi connectivity index (χ2n) is 5.57. The molecule has 2 atom stereocenters. The molecule has 1 aliphatic heterocycles. The van der Waals surface area contributed by atoms with Crippen LogP contribution in [0.5, 0.6) is 0 Å². The molecule has 0 spiro atoms. The highest BCUT2D eigenvalue weighted by atomic mass is 32.2. The van der Waals surface area contributed by atoms with Gasteiger partial charge in [-0.2, -0.15) is 11.8 Å². The molecule has 19 heavy (non-hydrogen) atoms. The van der Waals surface area contributed by atoms with Crippen molar-refractivity contribution < 1.29 is 19.1 Å². The third-order valence-electron chi connectivity index (χ3n) is 2.84. The van der Waals surface area contributed by atoms with E-state index in [0.29, 0.717) is 0 Å². The summed E-state index contributed by atoms with van der Waals surface area (Å²) in [6.07, 6.45) is 1.000. The second-order valence-corrected chi connectivity index (χ2v) is 6.80. The number of hydrogen-bond acceptors (Lipinski definition) is 5. The highest BCUT2D eigenvalue weighted by molar-refractivity contribution is 7.99. The Balaban J connectivity index is 2.65. The van der Waals surface area contributed by atoms with Crippen LogP contribution in [0.3, 0.4) is 0 Å². The molecule has 110 valence electrons. The number of methoxy groups -OCH3 is 1. The van der Waals surface area contributed by atoms with E-state index in [1.807, 2.05) is 20.8 Å². The summed E-state index contributed by atoms with van der Waals surface area (Å²) in [6, 6.07) is -0.211. The molecule has 0 aromatic heterocycles.